The van der Waals surface area contributed by atoms with Crippen molar-refractivity contribution >= 4 is 0 Å². The van der Waals surface area contributed by atoms with Crippen LogP contribution in [0.2, 0.25) is 0 Å². The Labute approximate surface area is 105 Å². The molecule has 1 N–H and O–H groups in total. The molecule has 0 amide bonds. The van der Waals surface area contributed by atoms with Crippen molar-refractivity contribution in [2.75, 3.05) is 13.7 Å². The molecule has 17 heavy (non-hydrogen) atoms. The Kier molecular flexibility index (Phi) is 5.98. The van der Waals surface area contributed by atoms with Gasteiger partial charge in [0, 0.05) is 17.8 Å². The lowest BCUT2D eigenvalue weighted by molar-refractivity contribution is 0.363. The highest BCUT2D eigenvalue weighted by molar-refractivity contribution is 5.28. The van der Waals surface area contributed by atoms with Crippen LogP contribution in [0.25, 0.3) is 0 Å². The van der Waals surface area contributed by atoms with E-state index in [-0.39, 0.29) is 0 Å². The van der Waals surface area contributed by atoms with Gasteiger partial charge in [0.05, 0.1) is 7.11 Å². The van der Waals surface area contributed by atoms with E-state index in [1.807, 2.05) is 6.07 Å². The molecule has 1 heterocycles. The number of aromatic nitrogens is 1. The molecule has 0 saturated heterocycles. The zero-order valence-electron chi connectivity index (χ0n) is 11.4. The van der Waals surface area contributed by atoms with Crippen molar-refractivity contribution in [3.05, 3.63) is 23.9 Å². The molecule has 0 saturated carbocycles. The van der Waals surface area contributed by atoms with E-state index in [9.17, 15) is 0 Å². The lowest BCUT2D eigenvalue weighted by Gasteiger charge is -2.22. The van der Waals surface area contributed by atoms with Gasteiger partial charge in [-0.25, -0.2) is 4.98 Å². The van der Waals surface area contributed by atoms with Gasteiger partial charge in [0.1, 0.15) is 0 Å². The second-order valence-corrected chi connectivity index (χ2v) is 4.46. The summed E-state index contributed by atoms with van der Waals surface area (Å²) >= 11 is 0. The first-order valence-corrected chi connectivity index (χ1v) is 6.45. The molecule has 0 aliphatic carbocycles. The first-order valence-electron chi connectivity index (χ1n) is 6.45. The van der Waals surface area contributed by atoms with Crippen molar-refractivity contribution in [1.82, 2.24) is 10.3 Å². The summed E-state index contributed by atoms with van der Waals surface area (Å²) in [7, 11) is 1.68. The molecular formula is C14H24N2O. The van der Waals surface area contributed by atoms with Crippen LogP contribution < -0.4 is 10.1 Å². The van der Waals surface area contributed by atoms with E-state index in [0.717, 1.165) is 24.4 Å². The molecule has 1 rings (SSSR count). The van der Waals surface area contributed by atoms with Crippen molar-refractivity contribution in [2.45, 2.75) is 39.7 Å². The van der Waals surface area contributed by atoms with Gasteiger partial charge in [-0.3, -0.25) is 0 Å². The molecule has 2 atom stereocenters. The third-order valence-corrected chi connectivity index (χ3v) is 3.15. The maximum atomic E-state index is 5.34. The topological polar surface area (TPSA) is 34.2 Å². The number of rotatable bonds is 7. The molecule has 3 heteroatoms. The van der Waals surface area contributed by atoms with Crippen molar-refractivity contribution in [3.63, 3.8) is 0 Å². The Bertz CT molecular complexity index is 328. The molecule has 3 nitrogen and oxygen atoms in total. The minimum absolute atomic E-state index is 0.332. The zero-order chi connectivity index (χ0) is 12.7. The van der Waals surface area contributed by atoms with Crippen LogP contribution in [0.15, 0.2) is 18.3 Å². The first-order chi connectivity index (χ1) is 8.22. The molecule has 96 valence electrons. The minimum atomic E-state index is 0.332. The molecular weight excluding hydrogens is 212 g/mol. The molecule has 0 fully saturated rings. The SMILES string of the molecule is CCNC(CC(C)CC)c1cccnc1OC. The predicted octanol–water partition coefficient (Wildman–Crippen LogP) is 3.18. The fourth-order valence-electron chi connectivity index (χ4n) is 1.97. The van der Waals surface area contributed by atoms with E-state index < -0.39 is 0 Å². The minimum Gasteiger partial charge on any atom is -0.481 e. The maximum absolute atomic E-state index is 5.34. The van der Waals surface area contributed by atoms with Crippen LogP contribution in [0.3, 0.4) is 0 Å². The van der Waals surface area contributed by atoms with Gasteiger partial charge in [-0.2, -0.15) is 0 Å². The van der Waals surface area contributed by atoms with Crippen molar-refractivity contribution < 1.29 is 4.74 Å². The van der Waals surface area contributed by atoms with Crippen LogP contribution in [0, 0.1) is 5.92 Å². The highest BCUT2D eigenvalue weighted by atomic mass is 16.5. The van der Waals surface area contributed by atoms with Gasteiger partial charge in [0.25, 0.3) is 0 Å². The number of hydrogen-bond donors (Lipinski definition) is 1. The second-order valence-electron chi connectivity index (χ2n) is 4.46. The standard InChI is InChI=1S/C14H24N2O/c1-5-11(3)10-13(15-6-2)12-8-7-9-16-14(12)17-4/h7-9,11,13,15H,5-6,10H2,1-4H3. The average molecular weight is 236 g/mol. The van der Waals surface area contributed by atoms with Gasteiger partial charge in [0.2, 0.25) is 5.88 Å². The summed E-state index contributed by atoms with van der Waals surface area (Å²) in [5, 5.41) is 3.52. The lowest BCUT2D eigenvalue weighted by atomic mass is 9.95. The second kappa shape index (κ2) is 7.28. The molecule has 0 radical (unpaired) electrons. The third-order valence-electron chi connectivity index (χ3n) is 3.15. The first kappa shape index (κ1) is 14.0. The Morgan fingerprint density at radius 2 is 2.18 bits per heavy atom. The molecule has 0 spiro atoms. The summed E-state index contributed by atoms with van der Waals surface area (Å²) in [6.45, 7) is 7.60. The lowest BCUT2D eigenvalue weighted by Crippen LogP contribution is -2.23. The monoisotopic (exact) mass is 236 g/mol. The summed E-state index contributed by atoms with van der Waals surface area (Å²) in [5.74, 6) is 1.44. The highest BCUT2D eigenvalue weighted by Crippen LogP contribution is 2.28. The third kappa shape index (κ3) is 4.00. The van der Waals surface area contributed by atoms with Crippen molar-refractivity contribution in [3.8, 4) is 5.88 Å². The number of methoxy groups -OCH3 is 1. The van der Waals surface area contributed by atoms with E-state index in [0.29, 0.717) is 12.0 Å². The number of nitrogens with one attached hydrogen (secondary N) is 1. The Balaban J connectivity index is 2.88. The van der Waals surface area contributed by atoms with Crippen LogP contribution in [-0.4, -0.2) is 18.6 Å². The summed E-state index contributed by atoms with van der Waals surface area (Å²) in [6, 6.07) is 4.40. The Morgan fingerprint density at radius 1 is 1.41 bits per heavy atom. The molecule has 0 bridgehead atoms. The fourth-order valence-corrected chi connectivity index (χ4v) is 1.97. The number of hydrogen-bond acceptors (Lipinski definition) is 3. The van der Waals surface area contributed by atoms with Gasteiger partial charge < -0.3 is 10.1 Å². The van der Waals surface area contributed by atoms with E-state index in [1.165, 1.54) is 6.42 Å². The summed E-state index contributed by atoms with van der Waals surface area (Å²) in [5.41, 5.74) is 1.16. The Morgan fingerprint density at radius 3 is 2.76 bits per heavy atom. The summed E-state index contributed by atoms with van der Waals surface area (Å²) in [6.07, 6.45) is 4.09. The van der Waals surface area contributed by atoms with Gasteiger partial charge >= 0.3 is 0 Å². The number of nitrogens with zero attached hydrogens (tertiary/aromatic N) is 1. The van der Waals surface area contributed by atoms with Gasteiger partial charge in [-0.05, 0) is 24.9 Å². The van der Waals surface area contributed by atoms with Crippen molar-refractivity contribution in [1.29, 1.82) is 0 Å². The fraction of sp³-hybridized carbons (Fsp3) is 0.643. The number of ether oxygens (including phenoxy) is 1. The van der Waals surface area contributed by atoms with Crippen LogP contribution in [0.1, 0.15) is 45.2 Å². The van der Waals surface area contributed by atoms with E-state index in [2.05, 4.69) is 37.1 Å². The van der Waals surface area contributed by atoms with E-state index in [1.54, 1.807) is 13.3 Å². The summed E-state index contributed by atoms with van der Waals surface area (Å²) in [4.78, 5) is 4.27. The molecule has 0 aliphatic heterocycles. The van der Waals surface area contributed by atoms with Gasteiger partial charge in [-0.15, -0.1) is 0 Å². The quantitative estimate of drug-likeness (QED) is 0.789. The van der Waals surface area contributed by atoms with Gasteiger partial charge in [-0.1, -0.05) is 33.3 Å². The van der Waals surface area contributed by atoms with E-state index >= 15 is 0 Å². The number of pyridine rings is 1. The zero-order valence-corrected chi connectivity index (χ0v) is 11.4. The molecule has 2 unspecified atom stereocenters. The smallest absolute Gasteiger partial charge is 0.217 e. The molecule has 1 aromatic rings. The van der Waals surface area contributed by atoms with E-state index in [4.69, 9.17) is 4.74 Å². The molecule has 1 aromatic heterocycles. The van der Waals surface area contributed by atoms with Gasteiger partial charge in [0.15, 0.2) is 0 Å². The van der Waals surface area contributed by atoms with Crippen LogP contribution in [-0.2, 0) is 0 Å². The van der Waals surface area contributed by atoms with Crippen LogP contribution >= 0.6 is 0 Å². The van der Waals surface area contributed by atoms with Crippen LogP contribution in [0.4, 0.5) is 0 Å². The van der Waals surface area contributed by atoms with Crippen molar-refractivity contribution in [2.24, 2.45) is 5.92 Å². The molecule has 0 aromatic carbocycles. The summed E-state index contributed by atoms with van der Waals surface area (Å²) < 4.78 is 5.34. The normalized spacial score (nSPS) is 14.4. The van der Waals surface area contributed by atoms with Crippen LogP contribution in [0.5, 0.6) is 5.88 Å². The molecule has 0 aliphatic rings. The maximum Gasteiger partial charge on any atom is 0.217 e. The highest BCUT2D eigenvalue weighted by Gasteiger charge is 2.17. The Hall–Kier alpha value is -1.09. The average Bonchev–Trinajstić information content (AvgIpc) is 2.38. The predicted molar refractivity (Wildman–Crippen MR) is 71.3 cm³/mol. The largest absolute Gasteiger partial charge is 0.481 e.